The van der Waals surface area contributed by atoms with Gasteiger partial charge in [-0.2, -0.15) is 10.6 Å². The molecule has 1 heterocycles. The van der Waals surface area contributed by atoms with Crippen LogP contribution in [0.1, 0.15) is 92.4 Å². The molecule has 1 aliphatic heterocycles. The van der Waals surface area contributed by atoms with Crippen molar-refractivity contribution in [2.75, 3.05) is 13.2 Å². The van der Waals surface area contributed by atoms with Gasteiger partial charge in [-0.15, -0.1) is 11.6 Å². The Morgan fingerprint density at radius 1 is 1.22 bits per heavy atom. The molecule has 3 rings (SSSR count). The number of carbonyl (C=O) groups excluding carboxylic acids is 1. The van der Waals surface area contributed by atoms with E-state index in [1.54, 1.807) is 0 Å². The van der Waals surface area contributed by atoms with E-state index in [-0.39, 0.29) is 29.3 Å². The molecule has 1 saturated heterocycles. The Morgan fingerprint density at radius 3 is 2.38 bits per heavy atom. The van der Waals surface area contributed by atoms with E-state index in [0.717, 1.165) is 43.4 Å². The highest BCUT2D eigenvalue weighted by atomic mass is 35.5. The van der Waals surface area contributed by atoms with Crippen molar-refractivity contribution in [1.82, 2.24) is 4.90 Å². The Kier molecular flexibility index (Phi) is 8.35. The van der Waals surface area contributed by atoms with Gasteiger partial charge in [-0.05, 0) is 77.6 Å². The lowest BCUT2D eigenvalue weighted by Crippen LogP contribution is -2.57. The van der Waals surface area contributed by atoms with Crippen molar-refractivity contribution >= 4 is 28.1 Å². The van der Waals surface area contributed by atoms with Crippen molar-refractivity contribution in [3.63, 3.8) is 0 Å². The quantitative estimate of drug-likeness (QED) is 0.416. The topological polar surface area (TPSA) is 70.0 Å². The molecular weight excluding hydrogens is 446 g/mol. The molecule has 2 N–H and O–H groups in total. The molecule has 1 amide bonds. The summed E-state index contributed by atoms with van der Waals surface area (Å²) >= 11 is 7.03. The Bertz CT molecular complexity index is 697. The van der Waals surface area contributed by atoms with Crippen LogP contribution in [0, 0.1) is 11.3 Å². The monoisotopic (exact) mass is 489 g/mol. The lowest BCUT2D eigenvalue weighted by molar-refractivity contribution is -0.145. The highest BCUT2D eigenvalue weighted by molar-refractivity contribution is 8.28. The summed E-state index contributed by atoms with van der Waals surface area (Å²) in [6.07, 6.45) is 9.65. The zero-order valence-electron chi connectivity index (χ0n) is 20.6. The third-order valence-electron chi connectivity index (χ3n) is 7.79. The van der Waals surface area contributed by atoms with Gasteiger partial charge in [0.25, 0.3) is 0 Å². The molecule has 3 unspecified atom stereocenters. The van der Waals surface area contributed by atoms with Crippen LogP contribution in [0.25, 0.3) is 0 Å². The predicted octanol–water partition coefficient (Wildman–Crippen LogP) is 6.80. The van der Waals surface area contributed by atoms with E-state index >= 15 is 0 Å². The molecule has 2 aliphatic carbocycles. The average Bonchev–Trinajstić information content (AvgIpc) is 2.75. The van der Waals surface area contributed by atoms with Gasteiger partial charge in [-0.1, -0.05) is 26.8 Å². The van der Waals surface area contributed by atoms with Crippen molar-refractivity contribution in [2.24, 2.45) is 11.3 Å². The fraction of sp³-hybridized carbons (Fsp3) is 0.880. The number of amides is 1. The minimum atomic E-state index is -2.92. The summed E-state index contributed by atoms with van der Waals surface area (Å²) < 4.78 is 28.5. The summed E-state index contributed by atoms with van der Waals surface area (Å²) in [6, 6.07) is 0.0570. The van der Waals surface area contributed by atoms with E-state index in [9.17, 15) is 13.9 Å². The Labute approximate surface area is 201 Å². The molecular formula is C25H44ClNO4S. The maximum Gasteiger partial charge on any atom is 0.228 e. The number of nitrogens with zero attached hydrogens (tertiary/aromatic N) is 1. The van der Waals surface area contributed by atoms with E-state index in [0.29, 0.717) is 32.5 Å². The normalized spacial score (nSPS) is 30.0. The molecule has 0 bridgehead atoms. The van der Waals surface area contributed by atoms with Gasteiger partial charge in [-0.25, -0.2) is 0 Å². The van der Waals surface area contributed by atoms with Gasteiger partial charge in [0.1, 0.15) is 0 Å². The first-order chi connectivity index (χ1) is 14.9. The fourth-order valence-electron chi connectivity index (χ4n) is 6.02. The lowest BCUT2D eigenvalue weighted by Gasteiger charge is -2.59. The average molecular weight is 490 g/mol. The SMILES string of the molecule is CC(C)N(C(=O)C(C)(C)C)C1CCC(C2(S(O)(O)C3=CCCCC3)CCOCC2)CC1Cl. The number of carbonyl (C=O) groups is 1. The van der Waals surface area contributed by atoms with Crippen LogP contribution in [0.3, 0.4) is 0 Å². The molecule has 0 aromatic carbocycles. The summed E-state index contributed by atoms with van der Waals surface area (Å²) in [5.41, 5.74) is -0.456. The first-order valence-electron chi connectivity index (χ1n) is 12.4. The molecule has 186 valence electrons. The molecule has 3 aliphatic rings. The van der Waals surface area contributed by atoms with E-state index in [4.69, 9.17) is 16.3 Å². The largest absolute Gasteiger partial charge is 0.381 e. The summed E-state index contributed by atoms with van der Waals surface area (Å²) in [4.78, 5) is 16.1. The summed E-state index contributed by atoms with van der Waals surface area (Å²) in [5, 5.41) is -0.197. The summed E-state index contributed by atoms with van der Waals surface area (Å²) in [7, 11) is -2.92. The van der Waals surface area contributed by atoms with E-state index in [1.807, 2.05) is 25.7 Å². The zero-order valence-corrected chi connectivity index (χ0v) is 22.2. The smallest absolute Gasteiger partial charge is 0.228 e. The first kappa shape index (κ1) is 26.3. The zero-order chi connectivity index (χ0) is 23.7. The number of alkyl halides is 1. The molecule has 0 aromatic rings. The Morgan fingerprint density at radius 2 is 1.88 bits per heavy atom. The number of hydrogen-bond donors (Lipinski definition) is 2. The molecule has 7 heteroatoms. The van der Waals surface area contributed by atoms with Gasteiger partial charge in [0.15, 0.2) is 0 Å². The van der Waals surface area contributed by atoms with Crippen molar-refractivity contribution in [2.45, 2.75) is 115 Å². The number of hydrogen-bond acceptors (Lipinski definition) is 4. The van der Waals surface area contributed by atoms with Crippen LogP contribution in [-0.4, -0.2) is 55.3 Å². The van der Waals surface area contributed by atoms with Crippen LogP contribution in [0.4, 0.5) is 0 Å². The van der Waals surface area contributed by atoms with E-state index in [2.05, 4.69) is 19.9 Å². The molecule has 32 heavy (non-hydrogen) atoms. The van der Waals surface area contributed by atoms with Crippen LogP contribution in [0.2, 0.25) is 0 Å². The van der Waals surface area contributed by atoms with E-state index in [1.165, 1.54) is 0 Å². The number of halogens is 1. The van der Waals surface area contributed by atoms with Gasteiger partial charge in [-0.3, -0.25) is 13.9 Å². The van der Waals surface area contributed by atoms with Crippen LogP contribution >= 0.6 is 22.2 Å². The van der Waals surface area contributed by atoms with Crippen LogP contribution in [-0.2, 0) is 9.53 Å². The Balaban J connectivity index is 1.86. The van der Waals surface area contributed by atoms with Gasteiger partial charge in [0, 0.05) is 35.6 Å². The standard InChI is InChI=1S/C25H44ClNO4S/c1-18(2)27(23(28)24(3,4)5)22-12-11-19(17-21(22)26)25(13-15-31-16-14-25)32(29,30)20-9-7-6-8-10-20/h9,18-19,21-22,29-30H,6-8,10-17H2,1-5H3. The lowest BCUT2D eigenvalue weighted by atomic mass is 9.73. The number of allylic oxidation sites excluding steroid dienone is 2. The minimum absolute atomic E-state index is 0.0211. The molecule has 0 aromatic heterocycles. The van der Waals surface area contributed by atoms with Gasteiger partial charge < -0.3 is 9.64 Å². The van der Waals surface area contributed by atoms with Gasteiger partial charge >= 0.3 is 0 Å². The van der Waals surface area contributed by atoms with Crippen molar-refractivity contribution < 1.29 is 18.6 Å². The minimum Gasteiger partial charge on any atom is -0.381 e. The maximum absolute atomic E-state index is 13.2. The van der Waals surface area contributed by atoms with Crippen LogP contribution in [0.15, 0.2) is 11.0 Å². The molecule has 5 nitrogen and oxygen atoms in total. The first-order valence-corrected chi connectivity index (χ1v) is 14.4. The summed E-state index contributed by atoms with van der Waals surface area (Å²) in [6.45, 7) is 11.1. The van der Waals surface area contributed by atoms with Gasteiger partial charge in [0.2, 0.25) is 5.91 Å². The molecule has 0 spiro atoms. The van der Waals surface area contributed by atoms with Gasteiger partial charge in [0.05, 0.1) is 10.1 Å². The fourth-order valence-corrected chi connectivity index (χ4v) is 9.20. The predicted molar refractivity (Wildman–Crippen MR) is 134 cm³/mol. The molecule has 0 radical (unpaired) electrons. The number of ether oxygens (including phenoxy) is 1. The summed E-state index contributed by atoms with van der Waals surface area (Å²) in [5.74, 6) is 0.260. The highest BCUT2D eigenvalue weighted by Crippen LogP contribution is 2.68. The Hall–Kier alpha value is -0.270. The molecule has 3 atom stereocenters. The van der Waals surface area contributed by atoms with Crippen molar-refractivity contribution in [3.05, 3.63) is 11.0 Å². The van der Waals surface area contributed by atoms with Crippen molar-refractivity contribution in [3.8, 4) is 0 Å². The molecule has 1 saturated carbocycles. The second kappa shape index (κ2) is 10.2. The van der Waals surface area contributed by atoms with Crippen molar-refractivity contribution in [1.29, 1.82) is 0 Å². The highest BCUT2D eigenvalue weighted by Gasteiger charge is 2.54. The third kappa shape index (κ3) is 5.05. The van der Waals surface area contributed by atoms with Crippen LogP contribution in [0.5, 0.6) is 0 Å². The molecule has 2 fully saturated rings. The number of rotatable bonds is 5. The second-order valence-corrected chi connectivity index (χ2v) is 14.3. The maximum atomic E-state index is 13.2. The third-order valence-corrected chi connectivity index (χ3v) is 11.2. The van der Waals surface area contributed by atoms with Crippen LogP contribution < -0.4 is 0 Å². The second-order valence-electron chi connectivity index (χ2n) is 11.3. The van der Waals surface area contributed by atoms with E-state index < -0.39 is 20.8 Å².